The van der Waals surface area contributed by atoms with Crippen molar-refractivity contribution >= 4 is 17.8 Å². The summed E-state index contributed by atoms with van der Waals surface area (Å²) in [5.41, 5.74) is 0.468. The first kappa shape index (κ1) is 11.7. The molecule has 0 aliphatic rings. The van der Waals surface area contributed by atoms with Crippen LogP contribution in [0, 0.1) is 0 Å². The van der Waals surface area contributed by atoms with Crippen LogP contribution in [0.1, 0.15) is 20.7 Å². The van der Waals surface area contributed by atoms with E-state index in [1.165, 1.54) is 36.7 Å². The van der Waals surface area contributed by atoms with Crippen molar-refractivity contribution in [1.29, 1.82) is 0 Å². The maximum absolute atomic E-state index is 11.8. The van der Waals surface area contributed by atoms with Gasteiger partial charge >= 0.3 is 5.97 Å². The van der Waals surface area contributed by atoms with E-state index in [4.69, 9.17) is 5.11 Å². The summed E-state index contributed by atoms with van der Waals surface area (Å²) in [4.78, 5) is 30.1. The molecule has 6 heteroatoms. The van der Waals surface area contributed by atoms with Crippen molar-refractivity contribution in [2.24, 2.45) is 0 Å². The normalized spacial score (nSPS) is 9.78. The molecule has 1 heterocycles. The Kier molecular flexibility index (Phi) is 3.29. The Bertz CT molecular complexity index is 567. The molecule has 2 aromatic rings. The molecule has 6 nitrogen and oxygen atoms in total. The first-order valence-corrected chi connectivity index (χ1v) is 5.08. The van der Waals surface area contributed by atoms with Crippen molar-refractivity contribution in [2.75, 3.05) is 5.32 Å². The van der Waals surface area contributed by atoms with Crippen LogP contribution in [-0.2, 0) is 0 Å². The number of nitrogens with zero attached hydrogens (tertiary/aromatic N) is 2. The summed E-state index contributed by atoms with van der Waals surface area (Å²) in [6.45, 7) is 0. The average Bonchev–Trinajstić information content (AvgIpc) is 2.40. The van der Waals surface area contributed by atoms with Gasteiger partial charge in [0.15, 0.2) is 0 Å². The second kappa shape index (κ2) is 5.05. The Hall–Kier alpha value is -2.76. The number of amides is 1. The molecule has 2 rings (SSSR count). The fraction of sp³-hybridized carbons (Fsp3) is 0. The van der Waals surface area contributed by atoms with Crippen LogP contribution in [0.15, 0.2) is 42.7 Å². The monoisotopic (exact) mass is 243 g/mol. The fourth-order valence-electron chi connectivity index (χ4n) is 1.30. The zero-order chi connectivity index (χ0) is 13.0. The third-order valence-electron chi connectivity index (χ3n) is 2.19. The van der Waals surface area contributed by atoms with Crippen molar-refractivity contribution in [3.05, 3.63) is 53.9 Å². The Morgan fingerprint density at radius 3 is 2.11 bits per heavy atom. The molecule has 0 bridgehead atoms. The highest BCUT2D eigenvalue weighted by Crippen LogP contribution is 2.06. The second-order valence-electron chi connectivity index (χ2n) is 3.41. The molecule has 0 spiro atoms. The SMILES string of the molecule is O=C(O)c1ccc(C(=O)Nc2ncccn2)cc1. The van der Waals surface area contributed by atoms with Gasteiger partial charge < -0.3 is 5.11 Å². The summed E-state index contributed by atoms with van der Waals surface area (Å²) >= 11 is 0. The van der Waals surface area contributed by atoms with Gasteiger partial charge in [0.2, 0.25) is 5.95 Å². The highest BCUT2D eigenvalue weighted by molar-refractivity contribution is 6.03. The lowest BCUT2D eigenvalue weighted by atomic mass is 10.1. The zero-order valence-corrected chi connectivity index (χ0v) is 9.20. The van der Waals surface area contributed by atoms with Gasteiger partial charge in [0.1, 0.15) is 0 Å². The molecular formula is C12H9N3O3. The smallest absolute Gasteiger partial charge is 0.335 e. The van der Waals surface area contributed by atoms with Crippen molar-refractivity contribution < 1.29 is 14.7 Å². The lowest BCUT2D eigenvalue weighted by molar-refractivity contribution is 0.0696. The number of anilines is 1. The van der Waals surface area contributed by atoms with Gasteiger partial charge in [-0.25, -0.2) is 14.8 Å². The van der Waals surface area contributed by atoms with Crippen LogP contribution in [0.3, 0.4) is 0 Å². The molecule has 0 unspecified atom stereocenters. The predicted molar refractivity (Wildman–Crippen MR) is 63.4 cm³/mol. The number of carbonyl (C=O) groups is 2. The maximum atomic E-state index is 11.8. The third kappa shape index (κ3) is 2.67. The van der Waals surface area contributed by atoms with Crippen LogP contribution in [0.2, 0.25) is 0 Å². The molecule has 0 saturated carbocycles. The number of nitrogens with one attached hydrogen (secondary N) is 1. The Morgan fingerprint density at radius 1 is 1.00 bits per heavy atom. The molecule has 1 amide bonds. The van der Waals surface area contributed by atoms with E-state index in [9.17, 15) is 9.59 Å². The molecule has 90 valence electrons. The van der Waals surface area contributed by atoms with Crippen LogP contribution in [-0.4, -0.2) is 27.0 Å². The van der Waals surface area contributed by atoms with Gasteiger partial charge in [-0.2, -0.15) is 0 Å². The van der Waals surface area contributed by atoms with Gasteiger partial charge in [0, 0.05) is 18.0 Å². The molecule has 0 radical (unpaired) electrons. The van der Waals surface area contributed by atoms with Gasteiger partial charge in [-0.05, 0) is 30.3 Å². The van der Waals surface area contributed by atoms with E-state index in [0.29, 0.717) is 5.56 Å². The Balaban J connectivity index is 2.12. The van der Waals surface area contributed by atoms with E-state index < -0.39 is 11.9 Å². The summed E-state index contributed by atoms with van der Waals surface area (Å²) in [6, 6.07) is 7.23. The molecule has 0 saturated heterocycles. The van der Waals surface area contributed by atoms with E-state index in [1.807, 2.05) is 0 Å². The molecule has 0 aliphatic carbocycles. The number of carbonyl (C=O) groups excluding carboxylic acids is 1. The molecule has 0 aliphatic heterocycles. The van der Waals surface area contributed by atoms with Crippen LogP contribution < -0.4 is 5.32 Å². The number of carboxylic acids is 1. The molecule has 1 aromatic carbocycles. The number of aromatic carboxylic acids is 1. The Morgan fingerprint density at radius 2 is 1.56 bits per heavy atom. The first-order valence-electron chi connectivity index (χ1n) is 5.08. The van der Waals surface area contributed by atoms with E-state index in [0.717, 1.165) is 0 Å². The molecule has 0 atom stereocenters. The topological polar surface area (TPSA) is 92.2 Å². The minimum absolute atomic E-state index is 0.127. The lowest BCUT2D eigenvalue weighted by Gasteiger charge is -2.03. The minimum Gasteiger partial charge on any atom is -0.478 e. The third-order valence-corrected chi connectivity index (χ3v) is 2.19. The van der Waals surface area contributed by atoms with E-state index >= 15 is 0 Å². The molecule has 2 N–H and O–H groups in total. The quantitative estimate of drug-likeness (QED) is 0.850. The largest absolute Gasteiger partial charge is 0.478 e. The fourth-order valence-corrected chi connectivity index (χ4v) is 1.30. The van der Waals surface area contributed by atoms with Gasteiger partial charge in [-0.1, -0.05) is 0 Å². The lowest BCUT2D eigenvalue weighted by Crippen LogP contribution is -2.14. The van der Waals surface area contributed by atoms with Gasteiger partial charge in [0.25, 0.3) is 5.91 Å². The number of hydrogen-bond acceptors (Lipinski definition) is 4. The van der Waals surface area contributed by atoms with Crippen molar-refractivity contribution in [2.45, 2.75) is 0 Å². The summed E-state index contributed by atoms with van der Waals surface area (Å²) in [5, 5.41) is 11.2. The van der Waals surface area contributed by atoms with Crippen LogP contribution in [0.5, 0.6) is 0 Å². The second-order valence-corrected chi connectivity index (χ2v) is 3.41. The average molecular weight is 243 g/mol. The summed E-state index contributed by atoms with van der Waals surface area (Å²) in [5.74, 6) is -1.23. The summed E-state index contributed by atoms with van der Waals surface area (Å²) < 4.78 is 0. The van der Waals surface area contributed by atoms with Gasteiger partial charge in [-0.3, -0.25) is 10.1 Å². The van der Waals surface area contributed by atoms with E-state index in [2.05, 4.69) is 15.3 Å². The van der Waals surface area contributed by atoms with Gasteiger partial charge in [-0.15, -0.1) is 0 Å². The Labute approximate surface area is 102 Å². The number of aromatic nitrogens is 2. The molecule has 18 heavy (non-hydrogen) atoms. The van der Waals surface area contributed by atoms with Crippen LogP contribution >= 0.6 is 0 Å². The maximum Gasteiger partial charge on any atom is 0.335 e. The number of rotatable bonds is 3. The van der Waals surface area contributed by atoms with Crippen molar-refractivity contribution in [1.82, 2.24) is 9.97 Å². The van der Waals surface area contributed by atoms with Crippen LogP contribution in [0.4, 0.5) is 5.95 Å². The predicted octanol–water partition coefficient (Wildman–Crippen LogP) is 1.43. The standard InChI is InChI=1S/C12H9N3O3/c16-10(15-12-13-6-1-7-14-12)8-2-4-9(5-3-8)11(17)18/h1-7H,(H,17,18)(H,13,14,15,16). The molecule has 0 fully saturated rings. The highest BCUT2D eigenvalue weighted by Gasteiger charge is 2.08. The summed E-state index contributed by atoms with van der Waals surface area (Å²) in [7, 11) is 0. The minimum atomic E-state index is -1.03. The molecule has 1 aromatic heterocycles. The number of benzene rings is 1. The van der Waals surface area contributed by atoms with E-state index in [-0.39, 0.29) is 11.5 Å². The molecular weight excluding hydrogens is 234 g/mol. The zero-order valence-electron chi connectivity index (χ0n) is 9.20. The highest BCUT2D eigenvalue weighted by atomic mass is 16.4. The van der Waals surface area contributed by atoms with Gasteiger partial charge in [0.05, 0.1) is 5.56 Å². The number of hydrogen-bond donors (Lipinski definition) is 2. The summed E-state index contributed by atoms with van der Waals surface area (Å²) in [6.07, 6.45) is 3.02. The van der Waals surface area contributed by atoms with Crippen molar-refractivity contribution in [3.8, 4) is 0 Å². The first-order chi connectivity index (χ1) is 8.66. The van der Waals surface area contributed by atoms with Crippen LogP contribution in [0.25, 0.3) is 0 Å². The van der Waals surface area contributed by atoms with Crippen molar-refractivity contribution in [3.63, 3.8) is 0 Å². The van der Waals surface area contributed by atoms with E-state index in [1.54, 1.807) is 6.07 Å². The number of carboxylic acid groups (broad SMARTS) is 1.